The van der Waals surface area contributed by atoms with Crippen molar-refractivity contribution in [2.24, 2.45) is 4.99 Å². The van der Waals surface area contributed by atoms with Crippen LogP contribution in [-0.4, -0.2) is 69.5 Å². The van der Waals surface area contributed by atoms with Crippen molar-refractivity contribution < 1.29 is 33.3 Å². The SMILES string of the molecule is COc1cc(C(=O)OCC(=O)N=C2C(=O)N(c3ccccc3)N(C)C2C)cc(OC)c1OC. The van der Waals surface area contributed by atoms with E-state index in [1.807, 2.05) is 18.2 Å². The molecule has 1 fully saturated rings. The normalized spacial score (nSPS) is 17.2. The highest BCUT2D eigenvalue weighted by molar-refractivity contribution is 6.48. The van der Waals surface area contributed by atoms with Crippen LogP contribution in [0, 0.1) is 0 Å². The Kier molecular flexibility index (Phi) is 7.29. The van der Waals surface area contributed by atoms with Gasteiger partial charge in [0.15, 0.2) is 18.1 Å². The van der Waals surface area contributed by atoms with Crippen LogP contribution in [0.15, 0.2) is 47.5 Å². The van der Waals surface area contributed by atoms with E-state index in [0.717, 1.165) is 0 Å². The maximum absolute atomic E-state index is 12.9. The van der Waals surface area contributed by atoms with Gasteiger partial charge in [-0.05, 0) is 31.2 Å². The molecule has 33 heavy (non-hydrogen) atoms. The van der Waals surface area contributed by atoms with Gasteiger partial charge in [0.2, 0.25) is 5.75 Å². The third-order valence-electron chi connectivity index (χ3n) is 5.16. The zero-order valence-corrected chi connectivity index (χ0v) is 19.0. The molecule has 0 aromatic heterocycles. The molecule has 3 rings (SSSR count). The molecule has 1 aliphatic heterocycles. The van der Waals surface area contributed by atoms with Gasteiger partial charge in [-0.3, -0.25) is 9.59 Å². The molecule has 0 bridgehead atoms. The van der Waals surface area contributed by atoms with Crippen LogP contribution in [0.25, 0.3) is 0 Å². The molecule has 10 heteroatoms. The van der Waals surface area contributed by atoms with Crippen LogP contribution in [0.2, 0.25) is 0 Å². The molecule has 0 saturated carbocycles. The van der Waals surface area contributed by atoms with Gasteiger partial charge in [0.1, 0.15) is 5.71 Å². The van der Waals surface area contributed by atoms with Crippen molar-refractivity contribution in [1.82, 2.24) is 5.01 Å². The maximum atomic E-state index is 12.9. The second-order valence-electron chi connectivity index (χ2n) is 7.08. The first-order valence-electron chi connectivity index (χ1n) is 10.0. The number of anilines is 1. The number of hydrazine groups is 1. The van der Waals surface area contributed by atoms with Gasteiger partial charge in [0.05, 0.1) is 38.6 Å². The molecule has 0 N–H and O–H groups in total. The lowest BCUT2D eigenvalue weighted by molar-refractivity contribution is -0.121. The summed E-state index contributed by atoms with van der Waals surface area (Å²) < 4.78 is 20.7. The van der Waals surface area contributed by atoms with Crippen LogP contribution in [0.5, 0.6) is 17.2 Å². The maximum Gasteiger partial charge on any atom is 0.338 e. The van der Waals surface area contributed by atoms with Gasteiger partial charge in [-0.1, -0.05) is 18.2 Å². The largest absolute Gasteiger partial charge is 0.493 e. The number of methoxy groups -OCH3 is 3. The summed E-state index contributed by atoms with van der Waals surface area (Å²) in [7, 11) is 6.01. The summed E-state index contributed by atoms with van der Waals surface area (Å²) in [5.41, 5.74) is 0.823. The van der Waals surface area contributed by atoms with E-state index in [4.69, 9.17) is 18.9 Å². The molecule has 0 spiro atoms. The van der Waals surface area contributed by atoms with Gasteiger partial charge >= 0.3 is 5.97 Å². The topological polar surface area (TPSA) is 107 Å². The quantitative estimate of drug-likeness (QED) is 0.585. The zero-order valence-electron chi connectivity index (χ0n) is 19.0. The molecule has 0 aliphatic carbocycles. The van der Waals surface area contributed by atoms with Crippen LogP contribution < -0.4 is 19.2 Å². The third-order valence-corrected chi connectivity index (χ3v) is 5.16. The number of ether oxygens (including phenoxy) is 4. The lowest BCUT2D eigenvalue weighted by Gasteiger charge is -2.25. The molecular weight excluding hydrogens is 430 g/mol. The fourth-order valence-electron chi connectivity index (χ4n) is 3.37. The number of esters is 1. The van der Waals surface area contributed by atoms with E-state index in [9.17, 15) is 14.4 Å². The van der Waals surface area contributed by atoms with Crippen LogP contribution in [0.3, 0.4) is 0 Å². The number of aliphatic imine (C=N–C) groups is 1. The molecule has 1 saturated heterocycles. The Hall–Kier alpha value is -3.92. The van der Waals surface area contributed by atoms with Crippen molar-refractivity contribution in [3.05, 3.63) is 48.0 Å². The summed E-state index contributed by atoms with van der Waals surface area (Å²) in [6, 6.07) is 11.4. The summed E-state index contributed by atoms with van der Waals surface area (Å²) in [4.78, 5) is 41.7. The molecule has 174 valence electrons. The zero-order chi connectivity index (χ0) is 24.1. The molecule has 1 unspecified atom stereocenters. The third kappa shape index (κ3) is 4.80. The highest BCUT2D eigenvalue weighted by atomic mass is 16.5. The molecular formula is C23H25N3O7. The lowest BCUT2D eigenvalue weighted by Crippen LogP contribution is -2.38. The Morgan fingerprint density at radius 1 is 1.00 bits per heavy atom. The van der Waals surface area contributed by atoms with Gasteiger partial charge in [0.25, 0.3) is 11.8 Å². The summed E-state index contributed by atoms with van der Waals surface area (Å²) in [6.07, 6.45) is 0. The Morgan fingerprint density at radius 2 is 1.61 bits per heavy atom. The van der Waals surface area contributed by atoms with Gasteiger partial charge in [-0.2, -0.15) is 0 Å². The Bertz CT molecular complexity index is 1060. The molecule has 10 nitrogen and oxygen atoms in total. The fraction of sp³-hybridized carbons (Fsp3) is 0.304. The standard InChI is InChI=1S/C23H25N3O7/c1-14-20(22(28)26(25(14)2)16-9-7-6-8-10-16)24-19(27)13-33-23(29)15-11-17(30-3)21(32-5)18(12-15)31-4/h6-12,14H,13H2,1-5H3. The summed E-state index contributed by atoms with van der Waals surface area (Å²) in [6.45, 7) is 1.13. The second kappa shape index (κ2) is 10.1. The lowest BCUT2D eigenvalue weighted by atomic mass is 10.2. The number of para-hydroxylation sites is 1. The first-order chi connectivity index (χ1) is 15.8. The average Bonchev–Trinajstić information content (AvgIpc) is 3.04. The van der Waals surface area contributed by atoms with E-state index in [-0.39, 0.29) is 22.8 Å². The number of hydrogen-bond acceptors (Lipinski definition) is 8. The van der Waals surface area contributed by atoms with E-state index in [0.29, 0.717) is 11.4 Å². The van der Waals surface area contributed by atoms with Crippen molar-refractivity contribution in [1.29, 1.82) is 0 Å². The van der Waals surface area contributed by atoms with Gasteiger partial charge in [0, 0.05) is 7.05 Å². The number of amides is 2. The van der Waals surface area contributed by atoms with Gasteiger partial charge in [-0.25, -0.2) is 19.8 Å². The van der Waals surface area contributed by atoms with E-state index in [2.05, 4.69) is 4.99 Å². The number of carbonyl (C=O) groups excluding carboxylic acids is 3. The number of benzene rings is 2. The minimum Gasteiger partial charge on any atom is -0.493 e. The number of rotatable bonds is 7. The first kappa shape index (κ1) is 23.7. The average molecular weight is 455 g/mol. The van der Waals surface area contributed by atoms with Crippen molar-refractivity contribution >= 4 is 29.2 Å². The van der Waals surface area contributed by atoms with E-state index >= 15 is 0 Å². The molecule has 1 heterocycles. The summed E-state index contributed by atoms with van der Waals surface area (Å²) in [5, 5.41) is 3.13. The molecule has 2 amide bonds. The van der Waals surface area contributed by atoms with E-state index in [1.54, 1.807) is 31.1 Å². The van der Waals surface area contributed by atoms with E-state index in [1.165, 1.54) is 38.5 Å². The minimum atomic E-state index is -0.781. The van der Waals surface area contributed by atoms with Crippen LogP contribution in [0.4, 0.5) is 5.69 Å². The van der Waals surface area contributed by atoms with Crippen molar-refractivity contribution in [2.45, 2.75) is 13.0 Å². The van der Waals surface area contributed by atoms with Crippen molar-refractivity contribution in [3.8, 4) is 17.2 Å². The molecule has 1 atom stereocenters. The Labute approximate surface area is 191 Å². The Morgan fingerprint density at radius 3 is 2.15 bits per heavy atom. The molecule has 1 aliphatic rings. The number of carbonyl (C=O) groups is 3. The monoisotopic (exact) mass is 455 g/mol. The van der Waals surface area contributed by atoms with Crippen molar-refractivity contribution in [3.63, 3.8) is 0 Å². The van der Waals surface area contributed by atoms with Gasteiger partial charge in [-0.15, -0.1) is 0 Å². The first-order valence-corrected chi connectivity index (χ1v) is 10.0. The van der Waals surface area contributed by atoms with Crippen molar-refractivity contribution in [2.75, 3.05) is 40.0 Å². The fourth-order valence-corrected chi connectivity index (χ4v) is 3.37. The number of nitrogens with zero attached hydrogens (tertiary/aromatic N) is 3. The summed E-state index contributed by atoms with van der Waals surface area (Å²) in [5.74, 6) is -1.10. The second-order valence-corrected chi connectivity index (χ2v) is 7.08. The molecule has 2 aromatic carbocycles. The van der Waals surface area contributed by atoms with E-state index < -0.39 is 30.4 Å². The minimum absolute atomic E-state index is 0.0650. The smallest absolute Gasteiger partial charge is 0.338 e. The summed E-state index contributed by atoms with van der Waals surface area (Å²) >= 11 is 0. The highest BCUT2D eigenvalue weighted by Gasteiger charge is 2.40. The van der Waals surface area contributed by atoms with Crippen LogP contribution in [0.1, 0.15) is 17.3 Å². The molecule has 0 radical (unpaired) electrons. The predicted molar refractivity (Wildman–Crippen MR) is 120 cm³/mol. The highest BCUT2D eigenvalue weighted by Crippen LogP contribution is 2.38. The Balaban J connectivity index is 1.72. The van der Waals surface area contributed by atoms with Gasteiger partial charge < -0.3 is 18.9 Å². The number of hydrogen-bond donors (Lipinski definition) is 0. The predicted octanol–water partition coefficient (Wildman–Crippen LogP) is 2.12. The molecule has 2 aromatic rings. The van der Waals surface area contributed by atoms with Crippen LogP contribution >= 0.6 is 0 Å². The van der Waals surface area contributed by atoms with Crippen LogP contribution in [-0.2, 0) is 14.3 Å².